The monoisotopic (exact) mass is 1980 g/mol. The third kappa shape index (κ3) is 27.6. The highest BCUT2D eigenvalue weighted by molar-refractivity contribution is 8.00. The van der Waals surface area contributed by atoms with E-state index >= 15 is 0 Å². The van der Waals surface area contributed by atoms with Crippen LogP contribution < -0.4 is 58.1 Å². The molecule has 17 rings (SSSR count). The predicted octanol–water partition coefficient (Wildman–Crippen LogP) is 3.55. The molecular weight excluding hydrogens is 1820 g/mol. The number of hydrogen-bond donors (Lipinski definition) is 10. The standard InChI is InChI=1S/C15H24N2O2.C15H18N2O2.2C12H21N3O2.C12H20N2O3.2C12H20N2O2S.C11H20N2O3/c2*1-9(18)13-8-11-5-3-4-10-6-7-12(16-2)15(19)17(13)14(10)11;1-8(16)11-7-14-6-9-4-3-5-10(13-2)12(17)15(9)11;1-8(16)10-6-7-14-11-5-3-4-9(13-2)12(17)15(10)11;2*1-8(15)11-7-17-6-9-4-3-5-10(13-2)12(16)14(9)11;1-8(15)10-6-7-17-11-5-3-4-9(13-2)12(16)14(10)11;1-4-9(12-3)11(15)13-7-16-6-5-10(13)8(2)14/h10-14,16H,3-8H2,1-2H3;3-5,12-13,16H,6-8H2,1-2H3;2*9-11,13-14H,3-7H2,1-2H3;3*9-11,13H,3-7H2,1-2H3;9-10,12H,4-7H2,1-3H3. The summed E-state index contributed by atoms with van der Waals surface area (Å²) in [4.78, 5) is 207. The van der Waals surface area contributed by atoms with Gasteiger partial charge in [0, 0.05) is 49.1 Å². The van der Waals surface area contributed by atoms with Gasteiger partial charge in [-0.05, 0) is 314 Å². The Kier molecular flexibility index (Phi) is 44.5. The number of amides is 8. The topological polar surface area (TPSA) is 438 Å². The molecule has 14 fully saturated rings. The first-order valence-electron chi connectivity index (χ1n) is 51.5. The van der Waals surface area contributed by atoms with Crippen molar-refractivity contribution in [3.05, 3.63) is 29.3 Å². The molecule has 0 aromatic heterocycles. The number of hydrogen-bond acceptors (Lipinski definition) is 30. The molecule has 778 valence electrons. The highest BCUT2D eigenvalue weighted by Gasteiger charge is 2.54. The van der Waals surface area contributed by atoms with Gasteiger partial charge in [0.1, 0.15) is 18.8 Å². The molecule has 1 aromatic rings. The number of carbonyl (C=O) groups is 16. The number of anilines is 1. The summed E-state index contributed by atoms with van der Waals surface area (Å²) in [7, 11) is 14.5. The molecule has 13 saturated heterocycles. The summed E-state index contributed by atoms with van der Waals surface area (Å²) >= 11 is 3.63. The van der Waals surface area contributed by atoms with Crippen molar-refractivity contribution in [1.29, 1.82) is 0 Å². The quantitative estimate of drug-likeness (QED) is 0.100. The number of piperazine rings is 1. The van der Waals surface area contributed by atoms with Gasteiger partial charge in [-0.15, -0.1) is 11.8 Å². The molecule has 15 heterocycles. The summed E-state index contributed by atoms with van der Waals surface area (Å²) < 4.78 is 10.7. The lowest BCUT2D eigenvalue weighted by Gasteiger charge is -2.41. The number of nitrogens with one attached hydrogen (secondary N) is 10. The molecule has 1 aromatic carbocycles. The van der Waals surface area contributed by atoms with E-state index in [-0.39, 0.29) is 221 Å². The van der Waals surface area contributed by atoms with Gasteiger partial charge in [0.05, 0.1) is 128 Å². The highest BCUT2D eigenvalue weighted by Crippen LogP contribution is 2.47. The molecule has 0 radical (unpaired) electrons. The maximum absolute atomic E-state index is 12.7. The number of rotatable bonds is 18. The minimum atomic E-state index is -0.393. The molecule has 24 unspecified atom stereocenters. The molecule has 8 amide bonds. The fourth-order valence-electron chi connectivity index (χ4n) is 23.7. The van der Waals surface area contributed by atoms with Crippen molar-refractivity contribution >= 4 is 123 Å². The lowest BCUT2D eigenvalue weighted by molar-refractivity contribution is -0.154. The van der Waals surface area contributed by atoms with Crippen LogP contribution in [-0.4, -0.2) is 380 Å². The Bertz CT molecular complexity index is 4060. The van der Waals surface area contributed by atoms with Gasteiger partial charge < -0.3 is 91.6 Å². The predicted molar refractivity (Wildman–Crippen MR) is 536 cm³/mol. The second-order valence-electron chi connectivity index (χ2n) is 40.1. The third-order valence-electron chi connectivity index (χ3n) is 31.4. The smallest absolute Gasteiger partial charge is 0.244 e. The maximum atomic E-state index is 12.7. The number of fused-ring (bicyclic) bond motifs is 5. The van der Waals surface area contributed by atoms with Crippen LogP contribution in [0, 0.1) is 11.8 Å². The lowest BCUT2D eigenvalue weighted by Crippen LogP contribution is -2.63. The Morgan fingerprint density at radius 3 is 1.44 bits per heavy atom. The van der Waals surface area contributed by atoms with Crippen molar-refractivity contribution in [1.82, 2.24) is 87.5 Å². The van der Waals surface area contributed by atoms with Crippen LogP contribution in [0.5, 0.6) is 0 Å². The van der Waals surface area contributed by atoms with Crippen LogP contribution in [0.2, 0.25) is 0 Å². The number of nitrogens with zero attached hydrogens (tertiary/aromatic N) is 8. The Morgan fingerprint density at radius 1 is 0.410 bits per heavy atom. The summed E-state index contributed by atoms with van der Waals surface area (Å²) in [5.41, 5.74) is 3.31. The molecule has 0 bridgehead atoms. The zero-order chi connectivity index (χ0) is 101. The summed E-state index contributed by atoms with van der Waals surface area (Å²) in [6.07, 6.45) is 26.2. The summed E-state index contributed by atoms with van der Waals surface area (Å²) in [5.74, 6) is 5.20. The first-order chi connectivity index (χ1) is 66.6. The number of Topliss-reactive ketones (excluding diaryl/α,β-unsaturated/α-hetero) is 8. The fourth-order valence-corrected chi connectivity index (χ4v) is 26.5. The first-order valence-corrected chi connectivity index (χ1v) is 53.7. The van der Waals surface area contributed by atoms with Crippen LogP contribution in [0.25, 0.3) is 0 Å². The van der Waals surface area contributed by atoms with Gasteiger partial charge in [-0.1, -0.05) is 31.5 Å². The number of thioether (sulfide) groups is 2. The molecule has 15 aliphatic heterocycles. The normalized spacial score (nSPS) is 32.7. The second kappa shape index (κ2) is 54.5. The molecule has 38 heteroatoms. The first kappa shape index (κ1) is 114. The van der Waals surface area contributed by atoms with Crippen LogP contribution in [0.3, 0.4) is 0 Å². The number of benzene rings is 1. The fraction of sp³-hybridized carbons (Fsp3) is 0.782. The van der Waals surface area contributed by atoms with Crippen molar-refractivity contribution in [3.63, 3.8) is 0 Å². The van der Waals surface area contributed by atoms with E-state index in [0.29, 0.717) is 63.5 Å². The lowest BCUT2D eigenvalue weighted by atomic mass is 9.75. The molecular formula is C101H164N18O18S2. The maximum Gasteiger partial charge on any atom is 0.244 e. The van der Waals surface area contributed by atoms with Gasteiger partial charge in [0.2, 0.25) is 47.3 Å². The number of aryl methyl sites for hydroxylation is 1. The van der Waals surface area contributed by atoms with Gasteiger partial charge in [-0.3, -0.25) is 86.9 Å². The zero-order valence-electron chi connectivity index (χ0n) is 85.7. The molecule has 36 nitrogen and oxygen atoms in total. The van der Waals surface area contributed by atoms with E-state index in [1.54, 1.807) is 89.1 Å². The largest absolute Gasteiger partial charge is 0.377 e. The average molecular weight is 1980 g/mol. The van der Waals surface area contributed by atoms with E-state index in [1.165, 1.54) is 43.6 Å². The van der Waals surface area contributed by atoms with Crippen LogP contribution in [-0.2, 0) is 99.0 Å². The van der Waals surface area contributed by atoms with Gasteiger partial charge in [0.15, 0.2) is 46.3 Å². The molecule has 1 aliphatic carbocycles. The van der Waals surface area contributed by atoms with Crippen molar-refractivity contribution in [2.24, 2.45) is 11.8 Å². The number of ether oxygens (including phenoxy) is 2. The molecule has 24 atom stereocenters. The molecule has 139 heavy (non-hydrogen) atoms. The van der Waals surface area contributed by atoms with Crippen LogP contribution >= 0.6 is 23.5 Å². The van der Waals surface area contributed by atoms with Crippen LogP contribution in [0.4, 0.5) is 5.69 Å². The van der Waals surface area contributed by atoms with Crippen molar-refractivity contribution < 1.29 is 86.2 Å². The number of morpholine rings is 1. The summed E-state index contributed by atoms with van der Waals surface area (Å²) in [6, 6.07) is 3.73. The SMILES string of the molecule is CCC(NC)C(=O)N1COCCC1C(C)=O.CNC1CCC2CCCC3CC(C(C)=O)N(C1=O)C23.CNC1CCCC2CNCC(C(C)=O)N2C1=O.CNC1CCCC2COCC(C(C)=O)N2C1=O.CNC1CCCC2CSCC(C(C)=O)N2C1=O.CNC1CCCC2NCCC(C(C)=O)N2C1=O.CNC1CCCC2SCCC(C(C)=O)N2C1=O.CNC1CCc2cccc3c2N(C1=O)C(C(C)=O)C3. The van der Waals surface area contributed by atoms with Crippen molar-refractivity contribution in [3.8, 4) is 0 Å². The Morgan fingerprint density at radius 2 is 0.885 bits per heavy atom. The van der Waals surface area contributed by atoms with Crippen LogP contribution in [0.15, 0.2) is 18.2 Å². The third-order valence-corrected chi connectivity index (χ3v) is 33.9. The van der Waals surface area contributed by atoms with E-state index in [2.05, 4.69) is 59.2 Å². The number of para-hydroxylation sites is 1. The van der Waals surface area contributed by atoms with E-state index in [4.69, 9.17) is 9.47 Å². The summed E-state index contributed by atoms with van der Waals surface area (Å²) in [5, 5.41) is 31.3. The van der Waals surface area contributed by atoms with E-state index in [1.807, 2.05) is 85.7 Å². The van der Waals surface area contributed by atoms with Gasteiger partial charge in [-0.2, -0.15) is 11.8 Å². The minimum Gasteiger partial charge on any atom is -0.377 e. The highest BCUT2D eigenvalue weighted by atomic mass is 32.2. The zero-order valence-corrected chi connectivity index (χ0v) is 87.3. The summed E-state index contributed by atoms with van der Waals surface area (Å²) in [6.45, 7) is 18.5. The van der Waals surface area contributed by atoms with Crippen molar-refractivity contribution in [2.45, 2.75) is 374 Å². The Labute approximate surface area is 832 Å². The number of ketones is 8. The van der Waals surface area contributed by atoms with E-state index in [9.17, 15) is 76.7 Å². The molecule has 1 saturated carbocycles. The van der Waals surface area contributed by atoms with Gasteiger partial charge >= 0.3 is 0 Å². The number of likely N-dealkylation sites (N-methyl/N-ethyl adjacent to an activating group) is 8. The average Bonchev–Trinajstić information content (AvgIpc) is 1.60. The van der Waals surface area contributed by atoms with Crippen molar-refractivity contribution in [2.75, 3.05) is 125 Å². The van der Waals surface area contributed by atoms with E-state index < -0.39 is 6.04 Å². The molecule has 16 aliphatic rings. The molecule has 10 N–H and O–H groups in total. The van der Waals surface area contributed by atoms with Gasteiger partial charge in [0.25, 0.3) is 0 Å². The van der Waals surface area contributed by atoms with Gasteiger partial charge in [-0.25, -0.2) is 0 Å². The Balaban J connectivity index is 0.000000164. The number of carbonyl (C=O) groups excluding carboxylic acids is 16. The molecule has 0 spiro atoms. The van der Waals surface area contributed by atoms with E-state index in [0.717, 1.165) is 183 Å². The second-order valence-corrected chi connectivity index (χ2v) is 42.5. The minimum absolute atomic E-state index is 0.0137. The van der Waals surface area contributed by atoms with Crippen LogP contribution in [0.1, 0.15) is 240 Å². The Hall–Kier alpha value is -7.44.